The summed E-state index contributed by atoms with van der Waals surface area (Å²) in [6, 6.07) is 5.47. The zero-order valence-electron chi connectivity index (χ0n) is 13.5. The van der Waals surface area contributed by atoms with Gasteiger partial charge in [0.15, 0.2) is 0 Å². The Morgan fingerprint density at radius 2 is 1.90 bits per heavy atom. The second kappa shape index (κ2) is 7.26. The fourth-order valence-electron chi connectivity index (χ4n) is 3.26. The second-order valence-corrected chi connectivity index (χ2v) is 6.67. The van der Waals surface area contributed by atoms with Crippen molar-refractivity contribution in [2.24, 2.45) is 5.92 Å². The maximum atomic E-state index is 14.5. The normalized spacial score (nSPS) is 17.4. The number of hydrogen-bond donors (Lipinski definition) is 1. The van der Waals surface area contributed by atoms with Gasteiger partial charge in [-0.1, -0.05) is 38.8 Å². The third-order valence-corrected chi connectivity index (χ3v) is 4.47. The number of aliphatic hydroxyl groups is 1. The van der Waals surface area contributed by atoms with Crippen LogP contribution in [0.15, 0.2) is 18.2 Å². The summed E-state index contributed by atoms with van der Waals surface area (Å²) >= 11 is 0. The summed E-state index contributed by atoms with van der Waals surface area (Å²) in [5.74, 6) is 0.389. The SMILES string of the molecule is CC(C)CCN(c1c(F)cccc1[C@@H](C)O)C1CCCC1. The molecule has 21 heavy (non-hydrogen) atoms. The van der Waals surface area contributed by atoms with Gasteiger partial charge in [0.2, 0.25) is 0 Å². The van der Waals surface area contributed by atoms with Crippen molar-refractivity contribution in [1.29, 1.82) is 0 Å². The van der Waals surface area contributed by atoms with Crippen LogP contribution >= 0.6 is 0 Å². The molecule has 1 atom stereocenters. The van der Waals surface area contributed by atoms with Crippen LogP contribution < -0.4 is 4.90 Å². The zero-order chi connectivity index (χ0) is 15.4. The summed E-state index contributed by atoms with van der Waals surface area (Å²) in [5.41, 5.74) is 1.34. The lowest BCUT2D eigenvalue weighted by atomic mass is 10.0. The molecular formula is C18H28FNO. The molecule has 3 heteroatoms. The number of aliphatic hydroxyl groups excluding tert-OH is 1. The molecule has 0 aromatic heterocycles. The molecule has 0 saturated heterocycles. The van der Waals surface area contributed by atoms with Crippen molar-refractivity contribution in [3.63, 3.8) is 0 Å². The van der Waals surface area contributed by atoms with E-state index in [0.29, 0.717) is 23.2 Å². The summed E-state index contributed by atoms with van der Waals surface area (Å²) in [5, 5.41) is 10.0. The molecule has 0 bridgehead atoms. The topological polar surface area (TPSA) is 23.5 Å². The van der Waals surface area contributed by atoms with E-state index in [-0.39, 0.29) is 5.82 Å². The van der Waals surface area contributed by atoms with Gasteiger partial charge in [-0.3, -0.25) is 0 Å². The van der Waals surface area contributed by atoms with E-state index in [1.54, 1.807) is 13.0 Å². The van der Waals surface area contributed by atoms with Gasteiger partial charge in [0, 0.05) is 18.2 Å². The molecule has 1 aromatic carbocycles. The molecule has 1 N–H and O–H groups in total. The molecule has 118 valence electrons. The number of para-hydroxylation sites is 1. The summed E-state index contributed by atoms with van der Waals surface area (Å²) in [6.45, 7) is 6.98. The van der Waals surface area contributed by atoms with Crippen molar-refractivity contribution in [2.75, 3.05) is 11.4 Å². The van der Waals surface area contributed by atoms with E-state index in [0.717, 1.165) is 25.8 Å². The molecule has 0 aliphatic heterocycles. The summed E-state index contributed by atoms with van der Waals surface area (Å²) in [7, 11) is 0. The number of nitrogens with zero attached hydrogens (tertiary/aromatic N) is 1. The maximum Gasteiger partial charge on any atom is 0.146 e. The van der Waals surface area contributed by atoms with Crippen LogP contribution in [0.3, 0.4) is 0 Å². The second-order valence-electron chi connectivity index (χ2n) is 6.67. The fourth-order valence-corrected chi connectivity index (χ4v) is 3.26. The quantitative estimate of drug-likeness (QED) is 0.823. The molecule has 1 saturated carbocycles. The fraction of sp³-hybridized carbons (Fsp3) is 0.667. The Hall–Kier alpha value is -1.09. The Balaban J connectivity index is 2.35. The standard InChI is InChI=1S/C18H28FNO/c1-13(2)11-12-20(15-7-4-5-8-15)18-16(14(3)21)9-6-10-17(18)19/h6,9-10,13-15,21H,4-5,7-8,11-12H2,1-3H3/t14-/m1/s1. The van der Waals surface area contributed by atoms with E-state index >= 15 is 0 Å². The highest BCUT2D eigenvalue weighted by atomic mass is 19.1. The van der Waals surface area contributed by atoms with Gasteiger partial charge in [0.1, 0.15) is 5.82 Å². The smallest absolute Gasteiger partial charge is 0.146 e. The molecule has 0 amide bonds. The number of hydrogen-bond acceptors (Lipinski definition) is 2. The van der Waals surface area contributed by atoms with Crippen molar-refractivity contribution < 1.29 is 9.50 Å². The van der Waals surface area contributed by atoms with Crippen molar-refractivity contribution in [2.45, 2.75) is 65.0 Å². The number of rotatable bonds is 6. The molecule has 1 aliphatic carbocycles. The van der Waals surface area contributed by atoms with Crippen LogP contribution in [0.25, 0.3) is 0 Å². The van der Waals surface area contributed by atoms with Gasteiger partial charge in [-0.05, 0) is 38.2 Å². The Morgan fingerprint density at radius 1 is 1.24 bits per heavy atom. The van der Waals surface area contributed by atoms with Crippen LogP contribution in [0.2, 0.25) is 0 Å². The minimum Gasteiger partial charge on any atom is -0.389 e. The maximum absolute atomic E-state index is 14.5. The van der Waals surface area contributed by atoms with Crippen LogP contribution in [0.5, 0.6) is 0 Å². The molecule has 1 fully saturated rings. The predicted molar refractivity (Wildman–Crippen MR) is 86.1 cm³/mol. The lowest BCUT2D eigenvalue weighted by Crippen LogP contribution is -2.36. The lowest BCUT2D eigenvalue weighted by Gasteiger charge is -2.34. The van der Waals surface area contributed by atoms with Gasteiger partial charge >= 0.3 is 0 Å². The Bertz CT molecular complexity index is 453. The van der Waals surface area contributed by atoms with E-state index in [1.807, 2.05) is 6.07 Å². The van der Waals surface area contributed by atoms with Crippen LogP contribution in [0.1, 0.15) is 64.5 Å². The van der Waals surface area contributed by atoms with Gasteiger partial charge in [0.25, 0.3) is 0 Å². The Kier molecular flexibility index (Phi) is 5.63. The molecule has 0 spiro atoms. The first-order chi connectivity index (χ1) is 10.0. The molecule has 1 aromatic rings. The average molecular weight is 293 g/mol. The largest absolute Gasteiger partial charge is 0.389 e. The highest BCUT2D eigenvalue weighted by molar-refractivity contribution is 5.56. The van der Waals surface area contributed by atoms with E-state index in [9.17, 15) is 9.50 Å². The van der Waals surface area contributed by atoms with Crippen LogP contribution in [-0.2, 0) is 0 Å². The number of anilines is 1. The van der Waals surface area contributed by atoms with Crippen molar-refractivity contribution in [3.8, 4) is 0 Å². The first kappa shape index (κ1) is 16.3. The van der Waals surface area contributed by atoms with Gasteiger partial charge in [0.05, 0.1) is 11.8 Å². The van der Waals surface area contributed by atoms with Crippen molar-refractivity contribution >= 4 is 5.69 Å². The van der Waals surface area contributed by atoms with Gasteiger partial charge in [-0.15, -0.1) is 0 Å². The molecule has 0 radical (unpaired) electrons. The molecule has 0 unspecified atom stereocenters. The summed E-state index contributed by atoms with van der Waals surface area (Å²) in [4.78, 5) is 2.23. The number of halogens is 1. The third-order valence-electron chi connectivity index (χ3n) is 4.47. The number of benzene rings is 1. The van der Waals surface area contributed by atoms with Crippen LogP contribution in [-0.4, -0.2) is 17.7 Å². The minimum absolute atomic E-state index is 0.205. The van der Waals surface area contributed by atoms with Gasteiger partial charge in [-0.25, -0.2) is 4.39 Å². The average Bonchev–Trinajstić information content (AvgIpc) is 2.93. The lowest BCUT2D eigenvalue weighted by molar-refractivity contribution is 0.199. The molecule has 1 aliphatic rings. The highest BCUT2D eigenvalue weighted by Gasteiger charge is 2.27. The summed E-state index contributed by atoms with van der Waals surface area (Å²) < 4.78 is 14.5. The molecule has 2 rings (SSSR count). The van der Waals surface area contributed by atoms with Crippen LogP contribution in [0, 0.1) is 11.7 Å². The van der Waals surface area contributed by atoms with Gasteiger partial charge < -0.3 is 10.0 Å². The first-order valence-electron chi connectivity index (χ1n) is 8.23. The van der Waals surface area contributed by atoms with E-state index in [2.05, 4.69) is 18.7 Å². The molecule has 0 heterocycles. The zero-order valence-corrected chi connectivity index (χ0v) is 13.5. The first-order valence-corrected chi connectivity index (χ1v) is 8.23. The van der Waals surface area contributed by atoms with Gasteiger partial charge in [-0.2, -0.15) is 0 Å². The minimum atomic E-state index is -0.640. The Morgan fingerprint density at radius 3 is 2.48 bits per heavy atom. The van der Waals surface area contributed by atoms with E-state index in [1.165, 1.54) is 18.9 Å². The summed E-state index contributed by atoms with van der Waals surface area (Å²) in [6.07, 6.45) is 5.11. The third kappa shape index (κ3) is 3.97. The van der Waals surface area contributed by atoms with E-state index in [4.69, 9.17) is 0 Å². The van der Waals surface area contributed by atoms with Crippen molar-refractivity contribution in [1.82, 2.24) is 0 Å². The predicted octanol–water partition coefficient (Wildman–Crippen LogP) is 4.67. The Labute approximate surface area is 128 Å². The van der Waals surface area contributed by atoms with Crippen LogP contribution in [0.4, 0.5) is 10.1 Å². The van der Waals surface area contributed by atoms with Crippen molar-refractivity contribution in [3.05, 3.63) is 29.6 Å². The highest BCUT2D eigenvalue weighted by Crippen LogP contribution is 2.35. The molecular weight excluding hydrogens is 265 g/mol. The molecule has 2 nitrogen and oxygen atoms in total. The monoisotopic (exact) mass is 293 g/mol. The van der Waals surface area contributed by atoms with E-state index < -0.39 is 6.10 Å².